The molecule has 1 rings (SSSR count). The van der Waals surface area contributed by atoms with Crippen molar-refractivity contribution in [3.05, 3.63) is 17.5 Å². The van der Waals surface area contributed by atoms with Gasteiger partial charge in [0.25, 0.3) is 0 Å². The molecular weight excluding hydrogens is 259 g/mol. The lowest BCUT2D eigenvalue weighted by Gasteiger charge is -2.06. The van der Waals surface area contributed by atoms with Crippen LogP contribution in [-0.4, -0.2) is 39.3 Å². The third-order valence-electron chi connectivity index (χ3n) is 1.35. The summed E-state index contributed by atoms with van der Waals surface area (Å²) in [5.41, 5.74) is 0. The lowest BCUT2D eigenvalue weighted by Crippen LogP contribution is -2.08. The standard InChI is InChI=1S/C7H10ClN2O5P/c8-6-3-7(10-4-9-6)15-2-1-14-5-16(11,12)13/h3-4H,1-2,5H2,(H2,11,12,13). The summed E-state index contributed by atoms with van der Waals surface area (Å²) >= 11 is 5.58. The Morgan fingerprint density at radius 2 is 2.12 bits per heavy atom. The van der Waals surface area contributed by atoms with Gasteiger partial charge in [-0.25, -0.2) is 9.97 Å². The molecule has 0 aliphatic heterocycles. The highest BCUT2D eigenvalue weighted by molar-refractivity contribution is 7.51. The lowest BCUT2D eigenvalue weighted by atomic mass is 10.6. The molecule has 1 heterocycles. The van der Waals surface area contributed by atoms with E-state index in [1.807, 2.05) is 0 Å². The summed E-state index contributed by atoms with van der Waals surface area (Å²) in [5.74, 6) is 0.278. The van der Waals surface area contributed by atoms with Crippen LogP contribution >= 0.6 is 19.2 Å². The van der Waals surface area contributed by atoms with Crippen molar-refractivity contribution in [2.75, 3.05) is 19.6 Å². The van der Waals surface area contributed by atoms with Crippen molar-refractivity contribution in [1.29, 1.82) is 0 Å². The minimum Gasteiger partial charge on any atom is -0.475 e. The molecule has 1 aromatic heterocycles. The topological polar surface area (TPSA) is 102 Å². The summed E-state index contributed by atoms with van der Waals surface area (Å²) in [4.78, 5) is 24.4. The van der Waals surface area contributed by atoms with Gasteiger partial charge in [0, 0.05) is 6.07 Å². The molecule has 0 fully saturated rings. The summed E-state index contributed by atoms with van der Waals surface area (Å²) in [6.07, 6.45) is 0.620. The van der Waals surface area contributed by atoms with E-state index in [0.29, 0.717) is 0 Å². The van der Waals surface area contributed by atoms with E-state index < -0.39 is 13.9 Å². The first kappa shape index (κ1) is 13.3. The number of hydrogen-bond acceptors (Lipinski definition) is 5. The number of hydrogen-bond donors (Lipinski definition) is 2. The average Bonchev–Trinajstić information content (AvgIpc) is 2.15. The van der Waals surface area contributed by atoms with Crippen molar-refractivity contribution >= 4 is 19.2 Å². The largest absolute Gasteiger partial charge is 0.475 e. The molecule has 0 atom stereocenters. The van der Waals surface area contributed by atoms with Gasteiger partial charge in [-0.1, -0.05) is 11.6 Å². The molecule has 7 nitrogen and oxygen atoms in total. The molecule has 16 heavy (non-hydrogen) atoms. The fourth-order valence-electron chi connectivity index (χ4n) is 0.785. The van der Waals surface area contributed by atoms with Crippen molar-refractivity contribution in [3.8, 4) is 5.88 Å². The molecule has 0 aromatic carbocycles. The minimum atomic E-state index is -4.11. The van der Waals surface area contributed by atoms with Gasteiger partial charge < -0.3 is 19.3 Å². The first-order valence-electron chi connectivity index (χ1n) is 4.20. The minimum absolute atomic E-state index is 0.0483. The predicted molar refractivity (Wildman–Crippen MR) is 55.4 cm³/mol. The van der Waals surface area contributed by atoms with Gasteiger partial charge >= 0.3 is 7.60 Å². The maximum atomic E-state index is 10.4. The Morgan fingerprint density at radius 1 is 1.38 bits per heavy atom. The van der Waals surface area contributed by atoms with Crippen LogP contribution in [0.25, 0.3) is 0 Å². The highest BCUT2D eigenvalue weighted by Gasteiger charge is 2.12. The van der Waals surface area contributed by atoms with Gasteiger partial charge in [0.2, 0.25) is 5.88 Å². The van der Waals surface area contributed by atoms with Gasteiger partial charge in [0.05, 0.1) is 6.61 Å². The predicted octanol–water partition coefficient (Wildman–Crippen LogP) is 0.661. The van der Waals surface area contributed by atoms with Crippen LogP contribution in [0.15, 0.2) is 12.4 Å². The smallest absolute Gasteiger partial charge is 0.350 e. The van der Waals surface area contributed by atoms with Crippen molar-refractivity contribution in [2.45, 2.75) is 0 Å². The summed E-state index contributed by atoms with van der Waals surface area (Å²) in [6.45, 7) is 0.167. The van der Waals surface area contributed by atoms with E-state index in [1.165, 1.54) is 12.4 Å². The molecule has 2 N–H and O–H groups in total. The summed E-state index contributed by atoms with van der Waals surface area (Å²) < 4.78 is 20.2. The quantitative estimate of drug-likeness (QED) is 0.444. The molecule has 0 saturated carbocycles. The molecular formula is C7H10ClN2O5P. The molecule has 0 bridgehead atoms. The van der Waals surface area contributed by atoms with Crippen molar-refractivity contribution in [1.82, 2.24) is 9.97 Å². The first-order chi connectivity index (χ1) is 7.47. The number of ether oxygens (including phenoxy) is 2. The SMILES string of the molecule is O=P(O)(O)COCCOc1cc(Cl)ncn1. The van der Waals surface area contributed by atoms with Crippen LogP contribution in [0, 0.1) is 0 Å². The van der Waals surface area contributed by atoms with E-state index in [1.54, 1.807) is 0 Å². The second-order valence-electron chi connectivity index (χ2n) is 2.73. The molecule has 90 valence electrons. The lowest BCUT2D eigenvalue weighted by molar-refractivity contribution is 0.118. The van der Waals surface area contributed by atoms with Gasteiger partial charge in [0.15, 0.2) is 0 Å². The molecule has 1 aromatic rings. The van der Waals surface area contributed by atoms with Crippen molar-refractivity contribution in [3.63, 3.8) is 0 Å². The van der Waals surface area contributed by atoms with Crippen LogP contribution in [0.4, 0.5) is 0 Å². The van der Waals surface area contributed by atoms with Crippen LogP contribution < -0.4 is 4.74 Å². The zero-order valence-electron chi connectivity index (χ0n) is 8.11. The number of nitrogens with zero attached hydrogens (tertiary/aromatic N) is 2. The maximum absolute atomic E-state index is 10.4. The molecule has 0 radical (unpaired) electrons. The zero-order valence-corrected chi connectivity index (χ0v) is 9.77. The van der Waals surface area contributed by atoms with Gasteiger partial charge in [-0.15, -0.1) is 0 Å². The van der Waals surface area contributed by atoms with E-state index >= 15 is 0 Å². The Morgan fingerprint density at radius 3 is 2.75 bits per heavy atom. The van der Waals surface area contributed by atoms with Crippen molar-refractivity contribution in [2.24, 2.45) is 0 Å². The number of aromatic nitrogens is 2. The van der Waals surface area contributed by atoms with E-state index in [0.717, 1.165) is 0 Å². The monoisotopic (exact) mass is 268 g/mol. The fraction of sp³-hybridized carbons (Fsp3) is 0.429. The highest BCUT2D eigenvalue weighted by atomic mass is 35.5. The van der Waals surface area contributed by atoms with Gasteiger partial charge in [0.1, 0.15) is 24.4 Å². The van der Waals surface area contributed by atoms with Crippen LogP contribution in [0.1, 0.15) is 0 Å². The Kier molecular flexibility index (Phi) is 5.11. The van der Waals surface area contributed by atoms with Crippen LogP contribution in [0.3, 0.4) is 0 Å². The second kappa shape index (κ2) is 6.12. The van der Waals surface area contributed by atoms with Crippen LogP contribution in [0.5, 0.6) is 5.88 Å². The Bertz CT molecular complexity index is 385. The van der Waals surface area contributed by atoms with E-state index in [2.05, 4.69) is 14.7 Å². The summed E-state index contributed by atoms with van der Waals surface area (Å²) in [5, 5.41) is 0.251. The highest BCUT2D eigenvalue weighted by Crippen LogP contribution is 2.33. The fourth-order valence-corrected chi connectivity index (χ4v) is 1.29. The maximum Gasteiger partial charge on any atom is 0.350 e. The molecule has 0 spiro atoms. The third kappa shape index (κ3) is 5.99. The van der Waals surface area contributed by atoms with Crippen LogP contribution in [0.2, 0.25) is 5.15 Å². The van der Waals surface area contributed by atoms with Gasteiger partial charge in [-0.05, 0) is 0 Å². The van der Waals surface area contributed by atoms with Crippen LogP contribution in [-0.2, 0) is 9.30 Å². The van der Waals surface area contributed by atoms with Gasteiger partial charge in [-0.3, -0.25) is 4.57 Å². The molecule has 0 saturated heterocycles. The molecule has 0 aliphatic carbocycles. The van der Waals surface area contributed by atoms with Gasteiger partial charge in [-0.2, -0.15) is 0 Å². The number of rotatable bonds is 6. The molecule has 9 heteroatoms. The summed E-state index contributed by atoms with van der Waals surface area (Å²) in [7, 11) is -4.11. The molecule has 0 unspecified atom stereocenters. The third-order valence-corrected chi connectivity index (χ3v) is 2.07. The molecule has 0 amide bonds. The average molecular weight is 269 g/mol. The number of halogens is 1. The van der Waals surface area contributed by atoms with Crippen molar-refractivity contribution < 1.29 is 23.8 Å². The van der Waals surface area contributed by atoms with E-state index in [4.69, 9.17) is 26.1 Å². The Hall–Kier alpha value is -0.720. The first-order valence-corrected chi connectivity index (χ1v) is 6.37. The van der Waals surface area contributed by atoms with E-state index in [9.17, 15) is 4.57 Å². The zero-order chi connectivity index (χ0) is 12.0. The Balaban J connectivity index is 2.19. The molecule has 0 aliphatic rings. The Labute approximate surface area is 96.5 Å². The normalized spacial score (nSPS) is 11.4. The van der Waals surface area contributed by atoms with E-state index in [-0.39, 0.29) is 24.2 Å². The second-order valence-corrected chi connectivity index (χ2v) is 4.70. The summed E-state index contributed by atoms with van der Waals surface area (Å²) in [6, 6.07) is 1.42.